The van der Waals surface area contributed by atoms with Gasteiger partial charge in [-0.15, -0.1) is 0 Å². The molecule has 118 valence electrons. The van der Waals surface area contributed by atoms with E-state index in [-0.39, 0.29) is 0 Å². The standard InChI is InChI=1S/C20H32O/c1-19-10-4-5-17(19)16-7-6-14-13-15(21-3)8-12-20(14,2)18(16)9-11-19/h8,14,16-18H,4-7,9-13H2,1-3H3/t14-,16-,17-,18-,19-,20-/m0/s1. The molecule has 4 aliphatic carbocycles. The van der Waals surface area contributed by atoms with Crippen LogP contribution >= 0.6 is 0 Å². The van der Waals surface area contributed by atoms with Gasteiger partial charge < -0.3 is 4.74 Å². The van der Waals surface area contributed by atoms with Crippen molar-refractivity contribution in [2.45, 2.75) is 71.6 Å². The molecule has 21 heavy (non-hydrogen) atoms. The van der Waals surface area contributed by atoms with Crippen molar-refractivity contribution in [2.75, 3.05) is 7.11 Å². The molecule has 1 nitrogen and oxygen atoms in total. The number of rotatable bonds is 1. The minimum atomic E-state index is 0.564. The van der Waals surface area contributed by atoms with Gasteiger partial charge >= 0.3 is 0 Å². The number of methoxy groups -OCH3 is 1. The molecule has 3 fully saturated rings. The van der Waals surface area contributed by atoms with E-state index in [4.69, 9.17) is 4.74 Å². The maximum atomic E-state index is 5.57. The van der Waals surface area contributed by atoms with Crippen LogP contribution in [0, 0.1) is 34.5 Å². The van der Waals surface area contributed by atoms with Gasteiger partial charge in [0.25, 0.3) is 0 Å². The van der Waals surface area contributed by atoms with Gasteiger partial charge in [0.2, 0.25) is 0 Å². The van der Waals surface area contributed by atoms with E-state index in [1.165, 1.54) is 63.5 Å². The molecule has 0 bridgehead atoms. The van der Waals surface area contributed by atoms with E-state index in [0.29, 0.717) is 10.8 Å². The molecule has 0 amide bonds. The number of hydrogen-bond acceptors (Lipinski definition) is 1. The Morgan fingerprint density at radius 3 is 2.71 bits per heavy atom. The zero-order valence-corrected chi connectivity index (χ0v) is 14.2. The Kier molecular flexibility index (Phi) is 3.21. The van der Waals surface area contributed by atoms with Crippen molar-refractivity contribution < 1.29 is 4.74 Å². The molecular formula is C20H32O. The second kappa shape index (κ2) is 4.77. The van der Waals surface area contributed by atoms with Gasteiger partial charge in [0.1, 0.15) is 0 Å². The molecule has 0 aromatic heterocycles. The van der Waals surface area contributed by atoms with Crippen LogP contribution in [0.1, 0.15) is 71.6 Å². The van der Waals surface area contributed by atoms with Gasteiger partial charge in [-0.1, -0.05) is 20.3 Å². The van der Waals surface area contributed by atoms with Crippen molar-refractivity contribution in [1.29, 1.82) is 0 Å². The van der Waals surface area contributed by atoms with Crippen LogP contribution in [0.25, 0.3) is 0 Å². The average molecular weight is 288 g/mol. The van der Waals surface area contributed by atoms with Crippen molar-refractivity contribution >= 4 is 0 Å². The van der Waals surface area contributed by atoms with E-state index in [1.54, 1.807) is 0 Å². The first kappa shape index (κ1) is 14.2. The highest BCUT2D eigenvalue weighted by Gasteiger charge is 2.57. The smallest absolute Gasteiger partial charge is 0.0918 e. The highest BCUT2D eigenvalue weighted by molar-refractivity contribution is 5.13. The van der Waals surface area contributed by atoms with E-state index >= 15 is 0 Å². The molecule has 0 heterocycles. The van der Waals surface area contributed by atoms with Crippen molar-refractivity contribution in [3.8, 4) is 0 Å². The van der Waals surface area contributed by atoms with E-state index in [1.807, 2.05) is 7.11 Å². The van der Waals surface area contributed by atoms with E-state index in [9.17, 15) is 0 Å². The topological polar surface area (TPSA) is 9.23 Å². The van der Waals surface area contributed by atoms with Crippen LogP contribution in [0.4, 0.5) is 0 Å². The second-order valence-corrected chi connectivity index (χ2v) is 9.02. The fourth-order valence-electron chi connectivity index (χ4n) is 7.01. The maximum Gasteiger partial charge on any atom is 0.0918 e. The highest BCUT2D eigenvalue weighted by atomic mass is 16.5. The zero-order chi connectivity index (χ0) is 14.7. The lowest BCUT2D eigenvalue weighted by Gasteiger charge is -2.59. The van der Waals surface area contributed by atoms with Gasteiger partial charge in [-0.2, -0.15) is 0 Å². The van der Waals surface area contributed by atoms with Gasteiger partial charge in [0, 0.05) is 6.42 Å². The number of hydrogen-bond donors (Lipinski definition) is 0. The van der Waals surface area contributed by atoms with Crippen molar-refractivity contribution in [2.24, 2.45) is 34.5 Å². The summed E-state index contributed by atoms with van der Waals surface area (Å²) in [5, 5.41) is 0. The Hall–Kier alpha value is -0.460. The maximum absolute atomic E-state index is 5.57. The third kappa shape index (κ3) is 1.95. The predicted octanol–water partition coefficient (Wildman–Crippen LogP) is 5.56. The first-order valence-corrected chi connectivity index (χ1v) is 9.30. The third-order valence-electron chi connectivity index (χ3n) is 8.33. The van der Waals surface area contributed by atoms with Crippen molar-refractivity contribution in [3.63, 3.8) is 0 Å². The molecule has 4 rings (SSSR count). The molecular weight excluding hydrogens is 256 g/mol. The molecule has 3 saturated carbocycles. The molecule has 0 unspecified atom stereocenters. The van der Waals surface area contributed by atoms with Gasteiger partial charge in [0.15, 0.2) is 0 Å². The molecule has 4 aliphatic rings. The molecule has 0 aliphatic heterocycles. The van der Waals surface area contributed by atoms with Crippen LogP contribution in [-0.4, -0.2) is 7.11 Å². The second-order valence-electron chi connectivity index (χ2n) is 9.02. The molecule has 6 atom stereocenters. The minimum absolute atomic E-state index is 0.564. The van der Waals surface area contributed by atoms with E-state index in [0.717, 1.165) is 23.7 Å². The summed E-state index contributed by atoms with van der Waals surface area (Å²) in [7, 11) is 1.85. The van der Waals surface area contributed by atoms with Gasteiger partial charge in [-0.3, -0.25) is 0 Å². The lowest BCUT2D eigenvalue weighted by molar-refractivity contribution is -0.0916. The number of ether oxygens (including phenoxy) is 1. The number of allylic oxidation sites excluding steroid dienone is 2. The molecule has 0 aromatic rings. The SMILES string of the molecule is COC1=CC[C@@]2(C)[C@@H](CC[C@H]3[C@@H]4CCC[C@@]4(C)CC[C@@H]32)C1. The summed E-state index contributed by atoms with van der Waals surface area (Å²) in [6, 6.07) is 0. The summed E-state index contributed by atoms with van der Waals surface area (Å²) in [5.41, 5.74) is 1.27. The largest absolute Gasteiger partial charge is 0.501 e. The van der Waals surface area contributed by atoms with Gasteiger partial charge in [-0.05, 0) is 85.5 Å². The number of fused-ring (bicyclic) bond motifs is 5. The Labute approximate surface area is 130 Å². The first-order valence-electron chi connectivity index (χ1n) is 9.30. The summed E-state index contributed by atoms with van der Waals surface area (Å²) < 4.78 is 5.57. The highest BCUT2D eigenvalue weighted by Crippen LogP contribution is 2.65. The molecule has 0 saturated heterocycles. The normalized spacial score (nSPS) is 52.4. The fourth-order valence-corrected chi connectivity index (χ4v) is 7.01. The van der Waals surface area contributed by atoms with Crippen LogP contribution in [0.2, 0.25) is 0 Å². The molecule has 1 heteroatoms. The Morgan fingerprint density at radius 2 is 1.90 bits per heavy atom. The third-order valence-corrected chi connectivity index (χ3v) is 8.33. The Bertz CT molecular complexity index is 453. The lowest BCUT2D eigenvalue weighted by atomic mass is 9.46. The van der Waals surface area contributed by atoms with Crippen LogP contribution in [0.5, 0.6) is 0 Å². The van der Waals surface area contributed by atoms with Gasteiger partial charge in [0.05, 0.1) is 12.9 Å². The summed E-state index contributed by atoms with van der Waals surface area (Å²) in [4.78, 5) is 0. The summed E-state index contributed by atoms with van der Waals surface area (Å²) in [5.74, 6) is 5.20. The summed E-state index contributed by atoms with van der Waals surface area (Å²) >= 11 is 0. The first-order chi connectivity index (χ1) is 10.1. The zero-order valence-electron chi connectivity index (χ0n) is 14.2. The van der Waals surface area contributed by atoms with Crippen LogP contribution in [-0.2, 0) is 4.74 Å². The quantitative estimate of drug-likeness (QED) is 0.614. The summed E-state index contributed by atoms with van der Waals surface area (Å²) in [6.07, 6.45) is 15.4. The van der Waals surface area contributed by atoms with Crippen LogP contribution < -0.4 is 0 Å². The molecule has 0 spiro atoms. The van der Waals surface area contributed by atoms with Gasteiger partial charge in [-0.25, -0.2) is 0 Å². The van der Waals surface area contributed by atoms with E-state index < -0.39 is 0 Å². The van der Waals surface area contributed by atoms with Crippen molar-refractivity contribution in [1.82, 2.24) is 0 Å². The molecule has 0 aromatic carbocycles. The lowest BCUT2D eigenvalue weighted by Crippen LogP contribution is -2.51. The monoisotopic (exact) mass is 288 g/mol. The Morgan fingerprint density at radius 1 is 1.05 bits per heavy atom. The average Bonchev–Trinajstić information content (AvgIpc) is 2.88. The van der Waals surface area contributed by atoms with Crippen LogP contribution in [0.3, 0.4) is 0 Å². The summed E-state index contributed by atoms with van der Waals surface area (Å²) in [6.45, 7) is 5.23. The molecule has 0 N–H and O–H groups in total. The minimum Gasteiger partial charge on any atom is -0.501 e. The van der Waals surface area contributed by atoms with E-state index in [2.05, 4.69) is 19.9 Å². The van der Waals surface area contributed by atoms with Crippen LogP contribution in [0.15, 0.2) is 11.8 Å². The fraction of sp³-hybridized carbons (Fsp3) is 0.900. The van der Waals surface area contributed by atoms with Crippen molar-refractivity contribution in [3.05, 3.63) is 11.8 Å². The molecule has 0 radical (unpaired) electrons. The Balaban J connectivity index is 1.63. The predicted molar refractivity (Wildman–Crippen MR) is 86.8 cm³/mol.